The maximum atomic E-state index is 14.3. The van der Waals surface area contributed by atoms with Gasteiger partial charge in [0.15, 0.2) is 11.7 Å². The van der Waals surface area contributed by atoms with E-state index < -0.39 is 43.0 Å². The maximum Gasteiger partial charge on any atom is 0.414 e. The Hall–Kier alpha value is -3.71. The second-order valence-corrected chi connectivity index (χ2v) is 7.63. The zero-order chi connectivity index (χ0) is 26.6. The van der Waals surface area contributed by atoms with Crippen molar-refractivity contribution in [3.63, 3.8) is 0 Å². The van der Waals surface area contributed by atoms with Crippen molar-refractivity contribution in [2.75, 3.05) is 20.8 Å². The summed E-state index contributed by atoms with van der Waals surface area (Å²) >= 11 is 0. The number of urea groups is 1. The quantitative estimate of drug-likeness (QED) is 0.422. The Morgan fingerprint density at radius 1 is 1.19 bits per heavy atom. The number of pyridine rings is 1. The number of nitrogens with zero attached hydrogens (tertiary/aromatic N) is 5. The molecule has 0 radical (unpaired) electrons. The molecule has 0 saturated carbocycles. The van der Waals surface area contributed by atoms with Gasteiger partial charge >= 0.3 is 12.2 Å². The van der Waals surface area contributed by atoms with E-state index in [9.17, 15) is 26.7 Å². The van der Waals surface area contributed by atoms with Crippen LogP contribution in [0.3, 0.4) is 0 Å². The molecule has 0 aromatic carbocycles. The van der Waals surface area contributed by atoms with E-state index in [4.69, 9.17) is 9.47 Å². The molecule has 196 valence electrons. The average Bonchev–Trinajstić information content (AvgIpc) is 3.32. The highest BCUT2D eigenvalue weighted by atomic mass is 19.4. The van der Waals surface area contributed by atoms with Gasteiger partial charge in [0.25, 0.3) is 12.3 Å². The first-order valence-electron chi connectivity index (χ1n) is 10.9. The number of hydrogen-bond acceptors (Lipinski definition) is 6. The van der Waals surface area contributed by atoms with Crippen molar-refractivity contribution in [1.82, 2.24) is 29.6 Å². The molecule has 36 heavy (non-hydrogen) atoms. The van der Waals surface area contributed by atoms with Gasteiger partial charge in [0.05, 0.1) is 37.8 Å². The molecule has 3 aromatic heterocycles. The van der Waals surface area contributed by atoms with Crippen LogP contribution in [0.5, 0.6) is 11.6 Å². The summed E-state index contributed by atoms with van der Waals surface area (Å²) in [7, 11) is 2.69. The molecule has 3 rings (SSSR count). The Morgan fingerprint density at radius 2 is 1.92 bits per heavy atom. The second-order valence-electron chi connectivity index (χ2n) is 7.63. The van der Waals surface area contributed by atoms with Crippen LogP contribution in [0.2, 0.25) is 0 Å². The first-order valence-corrected chi connectivity index (χ1v) is 10.9. The van der Waals surface area contributed by atoms with E-state index in [-0.39, 0.29) is 29.3 Å². The number of carbonyl (C=O) groups excluding carboxylic acids is 1. The van der Waals surface area contributed by atoms with Crippen molar-refractivity contribution in [2.24, 2.45) is 0 Å². The number of methoxy groups -OCH3 is 2. The lowest BCUT2D eigenvalue weighted by Gasteiger charge is -2.33. The van der Waals surface area contributed by atoms with Crippen LogP contribution in [0.15, 0.2) is 30.9 Å². The van der Waals surface area contributed by atoms with E-state index in [0.29, 0.717) is 10.5 Å². The standard InChI is InChI=1S/C22H25F5N6O3/c1-5-13(18(23)24)31-21(34)33(6-2)17(22(25,26)27)14-9-12(16(35-3)10-29-14)15-11-32-8-7-28-19(32)20(30-15)36-4/h7-11,13,17-18H,5-6H2,1-4H3,(H,31,34)/t13?,17-/m0/s1. The number of imidazole rings is 1. The zero-order valence-electron chi connectivity index (χ0n) is 19.9. The number of nitrogens with one attached hydrogen (secondary N) is 1. The zero-order valence-corrected chi connectivity index (χ0v) is 19.9. The average molecular weight is 516 g/mol. The molecular weight excluding hydrogens is 491 g/mol. The molecule has 0 fully saturated rings. The molecule has 0 spiro atoms. The molecule has 2 atom stereocenters. The number of ether oxygens (including phenoxy) is 2. The Morgan fingerprint density at radius 3 is 2.47 bits per heavy atom. The molecule has 2 amide bonds. The lowest BCUT2D eigenvalue weighted by Crippen LogP contribution is -2.51. The molecule has 0 aliphatic rings. The maximum absolute atomic E-state index is 14.3. The highest BCUT2D eigenvalue weighted by Crippen LogP contribution is 2.40. The Kier molecular flexibility index (Phi) is 8.15. The molecule has 0 saturated heterocycles. The van der Waals surface area contributed by atoms with Crippen molar-refractivity contribution in [2.45, 2.75) is 45.0 Å². The van der Waals surface area contributed by atoms with Crippen molar-refractivity contribution < 1.29 is 36.2 Å². The number of hydrogen-bond donors (Lipinski definition) is 1. The fourth-order valence-electron chi connectivity index (χ4n) is 3.67. The summed E-state index contributed by atoms with van der Waals surface area (Å²) in [5, 5.41) is 1.99. The van der Waals surface area contributed by atoms with Gasteiger partial charge in [-0.05, 0) is 19.4 Å². The number of alkyl halides is 5. The largest absolute Gasteiger partial charge is 0.494 e. The molecule has 3 heterocycles. The van der Waals surface area contributed by atoms with Gasteiger partial charge in [-0.2, -0.15) is 13.2 Å². The van der Waals surface area contributed by atoms with Crippen LogP contribution in [-0.2, 0) is 0 Å². The van der Waals surface area contributed by atoms with E-state index in [2.05, 4.69) is 15.0 Å². The number of rotatable bonds is 9. The van der Waals surface area contributed by atoms with Crippen LogP contribution < -0.4 is 14.8 Å². The molecule has 0 aliphatic carbocycles. The third-order valence-electron chi connectivity index (χ3n) is 5.48. The first-order chi connectivity index (χ1) is 17.0. The van der Waals surface area contributed by atoms with Gasteiger partial charge in [-0.15, -0.1) is 0 Å². The summed E-state index contributed by atoms with van der Waals surface area (Å²) in [6, 6.07) is -4.31. The van der Waals surface area contributed by atoms with E-state index in [1.54, 1.807) is 10.6 Å². The van der Waals surface area contributed by atoms with E-state index in [1.165, 1.54) is 40.5 Å². The molecule has 0 bridgehead atoms. The first kappa shape index (κ1) is 26.9. The van der Waals surface area contributed by atoms with Crippen molar-refractivity contribution >= 4 is 11.7 Å². The monoisotopic (exact) mass is 516 g/mol. The molecule has 1 unspecified atom stereocenters. The van der Waals surface area contributed by atoms with E-state index in [1.807, 2.05) is 5.32 Å². The molecular formula is C22H25F5N6O3. The van der Waals surface area contributed by atoms with Crippen molar-refractivity contribution in [1.29, 1.82) is 0 Å². The number of aromatic nitrogens is 4. The highest BCUT2D eigenvalue weighted by Gasteiger charge is 2.48. The highest BCUT2D eigenvalue weighted by molar-refractivity contribution is 5.75. The number of halogens is 5. The second kappa shape index (κ2) is 10.9. The molecule has 1 N–H and O–H groups in total. The number of amides is 2. The van der Waals surface area contributed by atoms with Gasteiger partial charge in [-0.25, -0.2) is 23.5 Å². The molecule has 3 aromatic rings. The Bertz CT molecular complexity index is 1200. The van der Waals surface area contributed by atoms with Crippen LogP contribution in [-0.4, -0.2) is 69.7 Å². The van der Waals surface area contributed by atoms with Gasteiger partial charge < -0.3 is 24.1 Å². The van der Waals surface area contributed by atoms with Gasteiger partial charge in [0.2, 0.25) is 0 Å². The van der Waals surface area contributed by atoms with Crippen molar-refractivity contribution in [3.05, 3.63) is 36.5 Å². The SMILES string of the molecule is CCC(NC(=O)N(CC)[C@@H](c1cc(-c2cn3ccnc3c(OC)n2)c(OC)cn1)C(F)(F)F)C(F)F. The van der Waals surface area contributed by atoms with E-state index in [0.717, 1.165) is 12.3 Å². The molecule has 9 nitrogen and oxygen atoms in total. The van der Waals surface area contributed by atoms with Gasteiger partial charge in [0.1, 0.15) is 5.75 Å². The van der Waals surface area contributed by atoms with Crippen LogP contribution in [0.25, 0.3) is 16.9 Å². The number of carbonyl (C=O) groups is 1. The predicted molar refractivity (Wildman–Crippen MR) is 119 cm³/mol. The minimum absolute atomic E-state index is 0.116. The fourth-order valence-corrected chi connectivity index (χ4v) is 3.67. The van der Waals surface area contributed by atoms with Crippen LogP contribution in [0.1, 0.15) is 32.0 Å². The topological polar surface area (TPSA) is 93.9 Å². The predicted octanol–water partition coefficient (Wildman–Crippen LogP) is 4.49. The normalized spacial score (nSPS) is 13.5. The van der Waals surface area contributed by atoms with Gasteiger partial charge in [-0.3, -0.25) is 4.98 Å². The van der Waals surface area contributed by atoms with E-state index >= 15 is 0 Å². The smallest absolute Gasteiger partial charge is 0.414 e. The summed E-state index contributed by atoms with van der Waals surface area (Å²) in [4.78, 5) is 25.4. The minimum atomic E-state index is -4.97. The summed E-state index contributed by atoms with van der Waals surface area (Å²) in [5.74, 6) is 0.238. The summed E-state index contributed by atoms with van der Waals surface area (Å²) in [5.41, 5.74) is 0.170. The van der Waals surface area contributed by atoms with Crippen LogP contribution >= 0.6 is 0 Å². The molecule has 14 heteroatoms. The Balaban J connectivity index is 2.12. The third-order valence-corrected chi connectivity index (χ3v) is 5.48. The van der Waals surface area contributed by atoms with Gasteiger partial charge in [-0.1, -0.05) is 6.92 Å². The van der Waals surface area contributed by atoms with Gasteiger partial charge in [0, 0.05) is 30.7 Å². The lowest BCUT2D eigenvalue weighted by molar-refractivity contribution is -0.179. The lowest BCUT2D eigenvalue weighted by atomic mass is 10.1. The third kappa shape index (κ3) is 5.41. The van der Waals surface area contributed by atoms with Crippen LogP contribution in [0, 0.1) is 0 Å². The van der Waals surface area contributed by atoms with Crippen molar-refractivity contribution in [3.8, 4) is 22.9 Å². The number of fused-ring (bicyclic) bond motifs is 1. The Labute approximate surface area is 203 Å². The summed E-state index contributed by atoms with van der Waals surface area (Å²) in [6.45, 7) is 2.28. The van der Waals surface area contributed by atoms with Crippen LogP contribution in [0.4, 0.5) is 26.7 Å². The fraction of sp³-hybridized carbons (Fsp3) is 0.455. The molecule has 0 aliphatic heterocycles. The minimum Gasteiger partial charge on any atom is -0.494 e. The summed E-state index contributed by atoms with van der Waals surface area (Å²) < 4.78 is 81.3. The summed E-state index contributed by atoms with van der Waals surface area (Å²) in [6.07, 6.45) is -2.37.